The number of alkyl halides is 1. The van der Waals surface area contributed by atoms with Crippen LogP contribution in [0.15, 0.2) is 0 Å². The molecule has 0 radical (unpaired) electrons. The number of nitrogens with one attached hydrogen (secondary N) is 2. The third-order valence-electron chi connectivity index (χ3n) is 1.87. The van der Waals surface area contributed by atoms with E-state index in [0.29, 0.717) is 0 Å². The summed E-state index contributed by atoms with van der Waals surface area (Å²) in [5.41, 5.74) is -1.37. The standard InChI is InChI=1S/C6H13FN2O2S/c1-2-12(10,11)9-5-6(7)3-8-4-6/h8-9H,2-5H2,1H3. The van der Waals surface area contributed by atoms with Gasteiger partial charge in [0.2, 0.25) is 10.0 Å². The van der Waals surface area contributed by atoms with E-state index in [-0.39, 0.29) is 25.4 Å². The predicted octanol–water partition coefficient (Wildman–Crippen LogP) is -0.763. The Morgan fingerprint density at radius 2 is 2.17 bits per heavy atom. The summed E-state index contributed by atoms with van der Waals surface area (Å²) >= 11 is 0. The minimum absolute atomic E-state index is 0.00346. The van der Waals surface area contributed by atoms with Gasteiger partial charge in [0.15, 0.2) is 0 Å². The lowest BCUT2D eigenvalue weighted by Crippen LogP contribution is -2.61. The van der Waals surface area contributed by atoms with Gasteiger partial charge in [-0.3, -0.25) is 0 Å². The Kier molecular flexibility index (Phi) is 2.70. The smallest absolute Gasteiger partial charge is 0.211 e. The first-order valence-electron chi connectivity index (χ1n) is 3.84. The molecule has 4 nitrogen and oxygen atoms in total. The van der Waals surface area contributed by atoms with Crippen LogP contribution < -0.4 is 10.0 Å². The van der Waals surface area contributed by atoms with E-state index in [1.165, 1.54) is 6.92 Å². The predicted molar refractivity (Wildman–Crippen MR) is 44.2 cm³/mol. The second kappa shape index (κ2) is 3.27. The molecule has 0 atom stereocenters. The molecule has 1 saturated heterocycles. The molecule has 0 aliphatic carbocycles. The molecule has 1 heterocycles. The SMILES string of the molecule is CCS(=O)(=O)NCC1(F)CNC1. The van der Waals surface area contributed by atoms with Gasteiger partial charge < -0.3 is 5.32 Å². The maximum absolute atomic E-state index is 13.2. The van der Waals surface area contributed by atoms with Crippen LogP contribution in [0, 0.1) is 0 Å². The number of sulfonamides is 1. The average Bonchev–Trinajstić information content (AvgIpc) is 1.98. The zero-order valence-electron chi connectivity index (χ0n) is 6.93. The topological polar surface area (TPSA) is 58.2 Å². The largest absolute Gasteiger partial charge is 0.310 e. The summed E-state index contributed by atoms with van der Waals surface area (Å²) in [7, 11) is -3.25. The second-order valence-corrected chi connectivity index (χ2v) is 5.07. The van der Waals surface area contributed by atoms with Crippen molar-refractivity contribution in [3.05, 3.63) is 0 Å². The first-order chi connectivity index (χ1) is 5.47. The van der Waals surface area contributed by atoms with Gasteiger partial charge in [-0.1, -0.05) is 0 Å². The van der Waals surface area contributed by atoms with E-state index in [0.717, 1.165) is 0 Å². The lowest BCUT2D eigenvalue weighted by atomic mass is 10.0. The Hall–Kier alpha value is -0.200. The monoisotopic (exact) mass is 196 g/mol. The van der Waals surface area contributed by atoms with Crippen molar-refractivity contribution in [1.82, 2.24) is 10.0 Å². The van der Waals surface area contributed by atoms with Crippen molar-refractivity contribution in [3.8, 4) is 0 Å². The van der Waals surface area contributed by atoms with Crippen LogP contribution in [-0.4, -0.2) is 39.5 Å². The van der Waals surface area contributed by atoms with Crippen LogP contribution >= 0.6 is 0 Å². The summed E-state index contributed by atoms with van der Waals surface area (Å²) in [6, 6.07) is 0. The molecule has 0 saturated carbocycles. The molecule has 0 aromatic carbocycles. The van der Waals surface area contributed by atoms with Crippen LogP contribution in [0.3, 0.4) is 0 Å². The molecule has 2 N–H and O–H groups in total. The second-order valence-electron chi connectivity index (χ2n) is 2.98. The Morgan fingerprint density at radius 3 is 2.50 bits per heavy atom. The Morgan fingerprint density at radius 1 is 1.58 bits per heavy atom. The van der Waals surface area contributed by atoms with Gasteiger partial charge in [0.1, 0.15) is 5.67 Å². The van der Waals surface area contributed by atoms with Crippen molar-refractivity contribution in [3.63, 3.8) is 0 Å². The molecule has 1 rings (SSSR count). The molecule has 0 bridgehead atoms. The van der Waals surface area contributed by atoms with Crippen LogP contribution in [0.4, 0.5) is 4.39 Å². The molecule has 0 aromatic rings. The molecule has 1 aliphatic rings. The summed E-state index contributed by atoms with van der Waals surface area (Å²) in [5, 5.41) is 2.75. The minimum atomic E-state index is -3.25. The maximum Gasteiger partial charge on any atom is 0.211 e. The van der Waals surface area contributed by atoms with Crippen molar-refractivity contribution in [2.75, 3.05) is 25.4 Å². The highest BCUT2D eigenvalue weighted by molar-refractivity contribution is 7.89. The van der Waals surface area contributed by atoms with Gasteiger partial charge in [0, 0.05) is 19.6 Å². The van der Waals surface area contributed by atoms with E-state index in [4.69, 9.17) is 0 Å². The molecule has 6 heteroatoms. The minimum Gasteiger partial charge on any atom is -0.310 e. The van der Waals surface area contributed by atoms with Gasteiger partial charge in [-0.15, -0.1) is 0 Å². The molecule has 1 aliphatic heterocycles. The maximum atomic E-state index is 13.2. The normalized spacial score (nSPS) is 21.8. The first kappa shape index (κ1) is 9.88. The van der Waals surface area contributed by atoms with E-state index in [1.807, 2.05) is 0 Å². The van der Waals surface area contributed by atoms with Gasteiger partial charge >= 0.3 is 0 Å². The zero-order valence-corrected chi connectivity index (χ0v) is 7.75. The van der Waals surface area contributed by atoms with E-state index in [2.05, 4.69) is 10.0 Å². The fourth-order valence-electron chi connectivity index (χ4n) is 0.863. The van der Waals surface area contributed by atoms with E-state index in [1.54, 1.807) is 0 Å². The molecular weight excluding hydrogens is 183 g/mol. The van der Waals surface area contributed by atoms with Crippen molar-refractivity contribution < 1.29 is 12.8 Å². The molecule has 0 unspecified atom stereocenters. The molecule has 12 heavy (non-hydrogen) atoms. The van der Waals surface area contributed by atoms with Gasteiger partial charge in [0.25, 0.3) is 0 Å². The molecule has 72 valence electrons. The highest BCUT2D eigenvalue weighted by Gasteiger charge is 2.37. The fraction of sp³-hybridized carbons (Fsp3) is 1.00. The molecule has 0 amide bonds. The highest BCUT2D eigenvalue weighted by atomic mass is 32.2. The highest BCUT2D eigenvalue weighted by Crippen LogP contribution is 2.14. The van der Waals surface area contributed by atoms with Crippen molar-refractivity contribution in [1.29, 1.82) is 0 Å². The van der Waals surface area contributed by atoms with Crippen LogP contribution in [0.25, 0.3) is 0 Å². The Labute approximate surface area is 71.6 Å². The summed E-state index contributed by atoms with van der Waals surface area (Å²) in [4.78, 5) is 0. The lowest BCUT2D eigenvalue weighted by molar-refractivity contribution is 0.0962. The third-order valence-corrected chi connectivity index (χ3v) is 3.22. The average molecular weight is 196 g/mol. The summed E-state index contributed by atoms with van der Waals surface area (Å²) < 4.78 is 37.2. The molecule has 0 aromatic heterocycles. The van der Waals surface area contributed by atoms with Gasteiger partial charge in [0.05, 0.1) is 5.75 Å². The van der Waals surface area contributed by atoms with E-state index >= 15 is 0 Å². The number of hydrogen-bond donors (Lipinski definition) is 2. The quantitative estimate of drug-likeness (QED) is 0.621. The molecular formula is C6H13FN2O2S. The summed E-state index contributed by atoms with van der Waals surface area (Å²) in [6.45, 7) is 1.88. The van der Waals surface area contributed by atoms with E-state index < -0.39 is 15.7 Å². The van der Waals surface area contributed by atoms with Gasteiger partial charge in [-0.05, 0) is 6.92 Å². The van der Waals surface area contributed by atoms with E-state index in [9.17, 15) is 12.8 Å². The van der Waals surface area contributed by atoms with Crippen molar-refractivity contribution in [2.24, 2.45) is 0 Å². The van der Waals surface area contributed by atoms with Crippen LogP contribution in [0.2, 0.25) is 0 Å². The molecule has 0 spiro atoms. The van der Waals surface area contributed by atoms with Crippen LogP contribution in [0.5, 0.6) is 0 Å². The first-order valence-corrected chi connectivity index (χ1v) is 5.50. The van der Waals surface area contributed by atoms with Crippen molar-refractivity contribution >= 4 is 10.0 Å². The Bertz CT molecular complexity index is 248. The lowest BCUT2D eigenvalue weighted by Gasteiger charge is -2.34. The van der Waals surface area contributed by atoms with Crippen molar-refractivity contribution in [2.45, 2.75) is 12.6 Å². The van der Waals surface area contributed by atoms with Gasteiger partial charge in [-0.2, -0.15) is 0 Å². The zero-order chi connectivity index (χ0) is 9.24. The number of hydrogen-bond acceptors (Lipinski definition) is 3. The van der Waals surface area contributed by atoms with Crippen LogP contribution in [0.1, 0.15) is 6.92 Å². The third kappa shape index (κ3) is 2.40. The fourth-order valence-corrected chi connectivity index (χ4v) is 1.55. The van der Waals surface area contributed by atoms with Crippen LogP contribution in [-0.2, 0) is 10.0 Å². The molecule has 1 fully saturated rings. The van der Waals surface area contributed by atoms with Gasteiger partial charge in [-0.25, -0.2) is 17.5 Å². The summed E-state index contributed by atoms with van der Waals surface area (Å²) in [5.74, 6) is -0.00346. The Balaban J connectivity index is 2.35. The number of halogens is 1. The number of rotatable bonds is 4. The summed E-state index contributed by atoms with van der Waals surface area (Å²) in [6.07, 6.45) is 0.